The third kappa shape index (κ3) is 3.59. The minimum Gasteiger partial charge on any atom is -0.469 e. The number of hydrogen-bond acceptors (Lipinski definition) is 4. The van der Waals surface area contributed by atoms with E-state index >= 15 is 0 Å². The Labute approximate surface area is 144 Å². The van der Waals surface area contributed by atoms with Gasteiger partial charge < -0.3 is 10.1 Å². The summed E-state index contributed by atoms with van der Waals surface area (Å²) in [5.74, 6) is 4.86. The number of carbonyl (C=O) groups excluding carboxylic acids is 1. The molecule has 0 fully saturated rings. The van der Waals surface area contributed by atoms with Gasteiger partial charge >= 0.3 is 0 Å². The van der Waals surface area contributed by atoms with E-state index in [9.17, 15) is 9.18 Å². The second-order valence-corrected chi connectivity index (χ2v) is 6.18. The Morgan fingerprint density at radius 1 is 1.28 bits per heavy atom. The number of benzene rings is 1. The molecule has 0 aliphatic carbocycles. The molecule has 2 aromatic rings. The fourth-order valence-electron chi connectivity index (χ4n) is 2.28. The number of rotatable bonds is 0. The average molecular weight is 335 g/mol. The molecular formula is C19H14FN3O2. The number of carbonyl (C=O) groups is 1. The quantitative estimate of drug-likeness (QED) is 0.750. The van der Waals surface area contributed by atoms with Gasteiger partial charge in [-0.25, -0.2) is 9.37 Å². The van der Waals surface area contributed by atoms with Crippen molar-refractivity contribution in [1.82, 2.24) is 10.3 Å². The van der Waals surface area contributed by atoms with Crippen LogP contribution >= 0.6 is 0 Å². The van der Waals surface area contributed by atoms with E-state index < -0.39 is 11.4 Å². The summed E-state index contributed by atoms with van der Waals surface area (Å²) in [7, 11) is 0. The fourth-order valence-corrected chi connectivity index (χ4v) is 2.28. The molecule has 0 saturated carbocycles. The maximum Gasteiger partial charge on any atom is 0.256 e. The Balaban J connectivity index is 1.97. The number of hydrogen-bond donors (Lipinski definition) is 1. The molecule has 1 aromatic carbocycles. The lowest BCUT2D eigenvalue weighted by molar-refractivity contribution is 0.0899. The van der Waals surface area contributed by atoms with Crippen LogP contribution in [0.4, 0.5) is 4.39 Å². The molecule has 6 heteroatoms. The Kier molecular flexibility index (Phi) is 4.12. The van der Waals surface area contributed by atoms with E-state index in [0.29, 0.717) is 17.7 Å². The average Bonchev–Trinajstić information content (AvgIpc) is 2.70. The summed E-state index contributed by atoms with van der Waals surface area (Å²) in [6, 6.07) is 7.44. The van der Waals surface area contributed by atoms with Gasteiger partial charge in [0.1, 0.15) is 17.0 Å². The first-order chi connectivity index (χ1) is 11.9. The lowest BCUT2D eigenvalue weighted by atomic mass is 10.1. The topological polar surface area (TPSA) is 75.0 Å². The van der Waals surface area contributed by atoms with Crippen LogP contribution in [0.5, 0.6) is 5.88 Å². The first kappa shape index (κ1) is 16.5. The van der Waals surface area contributed by atoms with E-state index in [1.807, 2.05) is 19.9 Å². The van der Waals surface area contributed by atoms with E-state index in [1.54, 1.807) is 6.07 Å². The summed E-state index contributed by atoms with van der Waals surface area (Å²) in [6.07, 6.45) is 1.46. The van der Waals surface area contributed by atoms with Crippen molar-refractivity contribution in [3.05, 3.63) is 58.5 Å². The van der Waals surface area contributed by atoms with Crippen LogP contribution < -0.4 is 10.1 Å². The van der Waals surface area contributed by atoms with Gasteiger partial charge in [-0.15, -0.1) is 0 Å². The number of ether oxygens (including phenoxy) is 1. The maximum atomic E-state index is 13.8. The van der Waals surface area contributed by atoms with Crippen LogP contribution in [-0.2, 0) is 0 Å². The molecule has 1 aromatic heterocycles. The van der Waals surface area contributed by atoms with Crippen molar-refractivity contribution in [1.29, 1.82) is 5.26 Å². The normalized spacial score (nSPS) is 14.7. The highest BCUT2D eigenvalue weighted by Crippen LogP contribution is 2.24. The number of nitrogens with one attached hydrogen (secondary N) is 1. The largest absolute Gasteiger partial charge is 0.469 e. The fraction of sp³-hybridized carbons (Fsp3) is 0.211. The van der Waals surface area contributed by atoms with Crippen LogP contribution in [0.15, 0.2) is 30.5 Å². The Bertz CT molecular complexity index is 965. The molecule has 1 aliphatic heterocycles. The summed E-state index contributed by atoms with van der Waals surface area (Å²) in [5.41, 5.74) is 0.585. The molecular weight excluding hydrogens is 321 g/mol. The van der Waals surface area contributed by atoms with Crippen molar-refractivity contribution < 1.29 is 13.9 Å². The van der Waals surface area contributed by atoms with E-state index in [-0.39, 0.29) is 22.9 Å². The molecule has 5 nitrogen and oxygen atoms in total. The highest BCUT2D eigenvalue weighted by Gasteiger charge is 2.29. The van der Waals surface area contributed by atoms with Crippen molar-refractivity contribution in [3.63, 3.8) is 0 Å². The Morgan fingerprint density at radius 3 is 2.84 bits per heavy atom. The predicted octanol–water partition coefficient (Wildman–Crippen LogP) is 2.39. The van der Waals surface area contributed by atoms with E-state index in [1.165, 1.54) is 24.4 Å². The molecule has 0 unspecified atom stereocenters. The zero-order valence-electron chi connectivity index (χ0n) is 13.7. The molecule has 0 bridgehead atoms. The number of nitrogens with zero attached hydrogens (tertiary/aromatic N) is 2. The SMILES string of the molecule is CC1(C)CNC(=O)c2cc(C#Cc3cc(C#N)ccc3F)cnc2O1. The smallest absolute Gasteiger partial charge is 0.256 e. The molecule has 1 amide bonds. The summed E-state index contributed by atoms with van der Waals surface area (Å²) in [4.78, 5) is 16.3. The number of aromatic nitrogens is 1. The van der Waals surface area contributed by atoms with Crippen LogP contribution in [0.2, 0.25) is 0 Å². The summed E-state index contributed by atoms with van der Waals surface area (Å²) in [5, 5.41) is 11.6. The Hall–Kier alpha value is -3.38. The standard InChI is InChI=1S/C19H14FN3O2/c1-19(2)11-23-17(24)15-8-13(10-22-18(15)25-19)3-5-14-7-12(9-21)4-6-16(14)20/h4,6-8,10H,11H2,1-2H3,(H,23,24). The maximum absolute atomic E-state index is 13.8. The van der Waals surface area contributed by atoms with E-state index in [2.05, 4.69) is 22.1 Å². The van der Waals surface area contributed by atoms with Crippen molar-refractivity contribution >= 4 is 5.91 Å². The molecule has 25 heavy (non-hydrogen) atoms. The van der Waals surface area contributed by atoms with Crippen LogP contribution in [0.3, 0.4) is 0 Å². The summed E-state index contributed by atoms with van der Waals surface area (Å²) < 4.78 is 19.5. The summed E-state index contributed by atoms with van der Waals surface area (Å²) in [6.45, 7) is 4.06. The van der Waals surface area contributed by atoms with E-state index in [4.69, 9.17) is 10.00 Å². The third-order valence-corrected chi connectivity index (χ3v) is 3.58. The van der Waals surface area contributed by atoms with Crippen LogP contribution in [0, 0.1) is 29.0 Å². The number of fused-ring (bicyclic) bond motifs is 1. The number of amides is 1. The van der Waals surface area contributed by atoms with Crippen LogP contribution in [-0.4, -0.2) is 23.0 Å². The zero-order valence-corrected chi connectivity index (χ0v) is 13.7. The molecule has 124 valence electrons. The molecule has 1 N–H and O–H groups in total. The third-order valence-electron chi connectivity index (χ3n) is 3.58. The second-order valence-electron chi connectivity index (χ2n) is 6.18. The minimum atomic E-state index is -0.567. The van der Waals surface area contributed by atoms with Gasteiger partial charge in [-0.05, 0) is 38.1 Å². The van der Waals surface area contributed by atoms with Gasteiger partial charge in [0.05, 0.1) is 23.7 Å². The van der Waals surface area contributed by atoms with Gasteiger partial charge in [0.15, 0.2) is 0 Å². The zero-order chi connectivity index (χ0) is 18.0. The number of nitriles is 1. The van der Waals surface area contributed by atoms with Crippen LogP contribution in [0.25, 0.3) is 0 Å². The predicted molar refractivity (Wildman–Crippen MR) is 88.4 cm³/mol. The minimum absolute atomic E-state index is 0.107. The van der Waals surface area contributed by atoms with Gasteiger partial charge in [0.25, 0.3) is 5.91 Å². The van der Waals surface area contributed by atoms with Gasteiger partial charge in [-0.1, -0.05) is 11.8 Å². The van der Waals surface area contributed by atoms with E-state index in [0.717, 1.165) is 0 Å². The molecule has 0 radical (unpaired) electrons. The Morgan fingerprint density at radius 2 is 2.08 bits per heavy atom. The van der Waals surface area contributed by atoms with Crippen molar-refractivity contribution in [2.75, 3.05) is 6.54 Å². The molecule has 3 rings (SSSR count). The first-order valence-corrected chi connectivity index (χ1v) is 7.57. The lowest BCUT2D eigenvalue weighted by Crippen LogP contribution is -2.39. The first-order valence-electron chi connectivity index (χ1n) is 7.57. The number of halogens is 1. The molecule has 0 spiro atoms. The highest BCUT2D eigenvalue weighted by atomic mass is 19.1. The van der Waals surface area contributed by atoms with Gasteiger partial charge in [0.2, 0.25) is 5.88 Å². The number of pyridine rings is 1. The van der Waals surface area contributed by atoms with Crippen molar-refractivity contribution in [2.24, 2.45) is 0 Å². The molecule has 1 aliphatic rings. The lowest BCUT2D eigenvalue weighted by Gasteiger charge is -2.23. The van der Waals surface area contributed by atoms with Crippen molar-refractivity contribution in [3.8, 4) is 23.8 Å². The molecule has 0 saturated heterocycles. The second kappa shape index (κ2) is 6.26. The van der Waals surface area contributed by atoms with Crippen LogP contribution in [0.1, 0.15) is 40.9 Å². The van der Waals surface area contributed by atoms with Gasteiger partial charge in [-0.2, -0.15) is 5.26 Å². The molecule has 0 atom stereocenters. The monoisotopic (exact) mass is 335 g/mol. The van der Waals surface area contributed by atoms with Gasteiger partial charge in [-0.3, -0.25) is 4.79 Å². The highest BCUT2D eigenvalue weighted by molar-refractivity contribution is 5.97. The van der Waals surface area contributed by atoms with Crippen molar-refractivity contribution in [2.45, 2.75) is 19.4 Å². The molecule has 2 heterocycles. The van der Waals surface area contributed by atoms with Gasteiger partial charge in [0, 0.05) is 11.8 Å². The summed E-state index contributed by atoms with van der Waals surface area (Å²) >= 11 is 0.